The standard InChI is InChI=1S/C20H13NO2/c21-14-15-6-8-18(9-7-15)20(22)23-19-12-10-17(11-13-19)16-4-2-1-3-5-16/h1-13H. The minimum Gasteiger partial charge on any atom is -0.423 e. The molecule has 110 valence electrons. The predicted octanol–water partition coefficient (Wildman–Crippen LogP) is 4.44. The van der Waals surface area contributed by atoms with Gasteiger partial charge in [-0.1, -0.05) is 42.5 Å². The third kappa shape index (κ3) is 3.45. The van der Waals surface area contributed by atoms with E-state index >= 15 is 0 Å². The summed E-state index contributed by atoms with van der Waals surface area (Å²) in [5.74, 6) is 0.0426. The van der Waals surface area contributed by atoms with Crippen LogP contribution in [0.2, 0.25) is 0 Å². The van der Waals surface area contributed by atoms with Gasteiger partial charge in [-0.2, -0.15) is 5.26 Å². The average Bonchev–Trinajstić information content (AvgIpc) is 2.63. The van der Waals surface area contributed by atoms with E-state index < -0.39 is 5.97 Å². The number of esters is 1. The van der Waals surface area contributed by atoms with Crippen molar-refractivity contribution in [2.75, 3.05) is 0 Å². The summed E-state index contributed by atoms with van der Waals surface area (Å²) in [6, 6.07) is 25.7. The maximum absolute atomic E-state index is 12.1. The Morgan fingerprint density at radius 1 is 0.783 bits per heavy atom. The van der Waals surface area contributed by atoms with Crippen LogP contribution in [0.1, 0.15) is 15.9 Å². The lowest BCUT2D eigenvalue weighted by molar-refractivity contribution is 0.0735. The summed E-state index contributed by atoms with van der Waals surface area (Å²) < 4.78 is 5.34. The van der Waals surface area contributed by atoms with Gasteiger partial charge in [-0.3, -0.25) is 0 Å². The Kier molecular flexibility index (Phi) is 4.17. The third-order valence-electron chi connectivity index (χ3n) is 3.42. The summed E-state index contributed by atoms with van der Waals surface area (Å²) in [6.45, 7) is 0. The van der Waals surface area contributed by atoms with Gasteiger partial charge in [0.05, 0.1) is 17.2 Å². The highest BCUT2D eigenvalue weighted by Gasteiger charge is 2.08. The minimum atomic E-state index is -0.443. The van der Waals surface area contributed by atoms with E-state index in [1.165, 1.54) is 0 Å². The molecule has 3 aromatic carbocycles. The zero-order valence-electron chi connectivity index (χ0n) is 12.3. The molecule has 0 aromatic heterocycles. The summed E-state index contributed by atoms with van der Waals surface area (Å²) in [4.78, 5) is 12.1. The molecular formula is C20H13NO2. The lowest BCUT2D eigenvalue weighted by Crippen LogP contribution is -2.08. The van der Waals surface area contributed by atoms with Crippen LogP contribution < -0.4 is 4.74 Å². The van der Waals surface area contributed by atoms with Gasteiger partial charge in [0.15, 0.2) is 0 Å². The first-order chi connectivity index (χ1) is 11.3. The Morgan fingerprint density at radius 2 is 1.39 bits per heavy atom. The Morgan fingerprint density at radius 3 is 2.00 bits per heavy atom. The van der Waals surface area contributed by atoms with Crippen molar-refractivity contribution in [3.63, 3.8) is 0 Å². The molecule has 0 heterocycles. The summed E-state index contributed by atoms with van der Waals surface area (Å²) in [5.41, 5.74) is 3.09. The van der Waals surface area contributed by atoms with E-state index in [0.29, 0.717) is 16.9 Å². The largest absolute Gasteiger partial charge is 0.423 e. The molecule has 0 aliphatic heterocycles. The third-order valence-corrected chi connectivity index (χ3v) is 3.42. The van der Waals surface area contributed by atoms with Crippen molar-refractivity contribution in [3.05, 3.63) is 90.0 Å². The number of nitriles is 1. The van der Waals surface area contributed by atoms with E-state index in [1.807, 2.05) is 48.5 Å². The maximum Gasteiger partial charge on any atom is 0.343 e. The van der Waals surface area contributed by atoms with Gasteiger partial charge < -0.3 is 4.74 Å². The van der Waals surface area contributed by atoms with Crippen LogP contribution in [-0.4, -0.2) is 5.97 Å². The van der Waals surface area contributed by atoms with Crippen LogP contribution in [0.4, 0.5) is 0 Å². The van der Waals surface area contributed by atoms with Crippen LogP contribution >= 0.6 is 0 Å². The van der Waals surface area contributed by atoms with Crippen LogP contribution in [-0.2, 0) is 0 Å². The number of nitrogens with zero attached hydrogens (tertiary/aromatic N) is 1. The van der Waals surface area contributed by atoms with Crippen molar-refractivity contribution < 1.29 is 9.53 Å². The second kappa shape index (κ2) is 6.59. The molecule has 0 aliphatic rings. The molecule has 0 atom stereocenters. The Hall–Kier alpha value is -3.38. The lowest BCUT2D eigenvalue weighted by Gasteiger charge is -2.06. The molecule has 3 aromatic rings. The van der Waals surface area contributed by atoms with Crippen LogP contribution in [0, 0.1) is 11.3 Å². The van der Waals surface area contributed by atoms with E-state index in [-0.39, 0.29) is 0 Å². The summed E-state index contributed by atoms with van der Waals surface area (Å²) in [7, 11) is 0. The van der Waals surface area contributed by atoms with Crippen molar-refractivity contribution in [1.29, 1.82) is 5.26 Å². The predicted molar refractivity (Wildman–Crippen MR) is 88.0 cm³/mol. The van der Waals surface area contributed by atoms with Crippen LogP contribution in [0.25, 0.3) is 11.1 Å². The summed E-state index contributed by atoms with van der Waals surface area (Å²) in [6.07, 6.45) is 0. The highest BCUT2D eigenvalue weighted by molar-refractivity contribution is 5.91. The van der Waals surface area contributed by atoms with Gasteiger partial charge in [-0.15, -0.1) is 0 Å². The highest BCUT2D eigenvalue weighted by Crippen LogP contribution is 2.22. The molecule has 3 rings (SSSR count). The number of carbonyl (C=O) groups excluding carboxylic acids is 1. The molecular weight excluding hydrogens is 286 g/mol. The summed E-state index contributed by atoms with van der Waals surface area (Å²) in [5, 5.41) is 8.76. The van der Waals surface area contributed by atoms with Crippen LogP contribution in [0.5, 0.6) is 5.75 Å². The first-order valence-corrected chi connectivity index (χ1v) is 7.14. The van der Waals surface area contributed by atoms with Gasteiger partial charge in [-0.25, -0.2) is 4.79 Å². The van der Waals surface area contributed by atoms with E-state index in [0.717, 1.165) is 11.1 Å². The fourth-order valence-corrected chi connectivity index (χ4v) is 2.19. The van der Waals surface area contributed by atoms with Gasteiger partial charge in [0, 0.05) is 0 Å². The van der Waals surface area contributed by atoms with Crippen LogP contribution in [0.3, 0.4) is 0 Å². The Bertz CT molecular complexity index is 845. The maximum atomic E-state index is 12.1. The van der Waals surface area contributed by atoms with Crippen molar-refractivity contribution >= 4 is 5.97 Å². The van der Waals surface area contributed by atoms with Gasteiger partial charge >= 0.3 is 5.97 Å². The monoisotopic (exact) mass is 299 g/mol. The topological polar surface area (TPSA) is 50.1 Å². The number of benzene rings is 3. The summed E-state index contributed by atoms with van der Waals surface area (Å²) >= 11 is 0. The van der Waals surface area contributed by atoms with Gasteiger partial charge in [0.2, 0.25) is 0 Å². The molecule has 3 nitrogen and oxygen atoms in total. The normalized spacial score (nSPS) is 9.87. The molecule has 3 heteroatoms. The molecule has 0 N–H and O–H groups in total. The van der Waals surface area contributed by atoms with E-state index in [4.69, 9.17) is 10.00 Å². The molecule has 23 heavy (non-hydrogen) atoms. The van der Waals surface area contributed by atoms with E-state index in [1.54, 1.807) is 36.4 Å². The van der Waals surface area contributed by atoms with Crippen molar-refractivity contribution in [2.45, 2.75) is 0 Å². The van der Waals surface area contributed by atoms with Crippen LogP contribution in [0.15, 0.2) is 78.9 Å². The molecule has 0 spiro atoms. The van der Waals surface area contributed by atoms with Gasteiger partial charge in [-0.05, 0) is 47.5 Å². The molecule has 0 unspecified atom stereocenters. The number of ether oxygens (including phenoxy) is 1. The minimum absolute atomic E-state index is 0.413. The Labute approximate surface area is 134 Å². The second-order valence-corrected chi connectivity index (χ2v) is 4.97. The average molecular weight is 299 g/mol. The quantitative estimate of drug-likeness (QED) is 0.530. The SMILES string of the molecule is N#Cc1ccc(C(=O)Oc2ccc(-c3ccccc3)cc2)cc1. The molecule has 0 aliphatic carbocycles. The fourth-order valence-electron chi connectivity index (χ4n) is 2.19. The molecule has 0 radical (unpaired) electrons. The molecule has 0 bridgehead atoms. The van der Waals surface area contributed by atoms with E-state index in [2.05, 4.69) is 0 Å². The molecule has 0 saturated heterocycles. The number of hydrogen-bond acceptors (Lipinski definition) is 3. The zero-order chi connectivity index (χ0) is 16.1. The number of hydrogen-bond donors (Lipinski definition) is 0. The van der Waals surface area contributed by atoms with E-state index in [9.17, 15) is 4.79 Å². The fraction of sp³-hybridized carbons (Fsp3) is 0. The van der Waals surface area contributed by atoms with Crippen molar-refractivity contribution in [3.8, 4) is 22.9 Å². The first kappa shape index (κ1) is 14.6. The highest BCUT2D eigenvalue weighted by atomic mass is 16.5. The van der Waals surface area contributed by atoms with Crippen molar-refractivity contribution in [1.82, 2.24) is 0 Å². The second-order valence-electron chi connectivity index (χ2n) is 4.97. The van der Waals surface area contributed by atoms with Crippen molar-refractivity contribution in [2.24, 2.45) is 0 Å². The number of rotatable bonds is 3. The zero-order valence-corrected chi connectivity index (χ0v) is 12.3. The first-order valence-electron chi connectivity index (χ1n) is 7.14. The smallest absolute Gasteiger partial charge is 0.343 e. The lowest BCUT2D eigenvalue weighted by atomic mass is 10.1. The van der Waals surface area contributed by atoms with Gasteiger partial charge in [0.25, 0.3) is 0 Å². The molecule has 0 amide bonds. The molecule has 0 fully saturated rings. The molecule has 0 saturated carbocycles. The van der Waals surface area contributed by atoms with Gasteiger partial charge in [0.1, 0.15) is 5.75 Å². The number of carbonyl (C=O) groups is 1. The Balaban J connectivity index is 1.73.